The topological polar surface area (TPSA) is 81.2 Å². The highest BCUT2D eigenvalue weighted by atomic mass is 16.5. The van der Waals surface area contributed by atoms with Gasteiger partial charge in [-0.05, 0) is 13.5 Å². The van der Waals surface area contributed by atoms with Crippen LogP contribution in [0.2, 0.25) is 0 Å². The Morgan fingerprint density at radius 1 is 1.67 bits per heavy atom. The summed E-state index contributed by atoms with van der Waals surface area (Å²) in [4.78, 5) is 2.24. The molecule has 0 aromatic carbocycles. The Bertz CT molecular complexity index is 368. The van der Waals surface area contributed by atoms with Gasteiger partial charge in [0.05, 0.1) is 30.6 Å². The van der Waals surface area contributed by atoms with Crippen LogP contribution in [0.1, 0.15) is 25.1 Å². The minimum absolute atomic E-state index is 0.0304. The highest BCUT2D eigenvalue weighted by Crippen LogP contribution is 2.20. The second-order valence-corrected chi connectivity index (χ2v) is 4.70. The van der Waals surface area contributed by atoms with Crippen LogP contribution in [0.15, 0.2) is 6.20 Å². The molecule has 0 spiro atoms. The molecular weight excluding hydrogens is 232 g/mol. The largest absolute Gasteiger partial charge is 0.373 e. The molecule has 102 valence electrons. The second kappa shape index (κ2) is 6.24. The first-order valence-corrected chi connectivity index (χ1v) is 6.41. The Hall–Kier alpha value is -1.02. The number of hydrazine groups is 1. The number of morpholine rings is 1. The van der Waals surface area contributed by atoms with Crippen molar-refractivity contribution < 1.29 is 4.74 Å². The van der Waals surface area contributed by atoms with Crippen molar-refractivity contribution in [3.05, 3.63) is 11.9 Å². The van der Waals surface area contributed by atoms with Crippen LogP contribution in [0.3, 0.4) is 0 Å². The van der Waals surface area contributed by atoms with Crippen molar-refractivity contribution >= 4 is 0 Å². The van der Waals surface area contributed by atoms with E-state index >= 15 is 0 Å². The summed E-state index contributed by atoms with van der Waals surface area (Å²) in [6, 6.07) is -0.0747. The molecule has 7 heteroatoms. The lowest BCUT2D eigenvalue weighted by Crippen LogP contribution is -2.48. The second-order valence-electron chi connectivity index (χ2n) is 4.70. The average Bonchev–Trinajstić information content (AvgIpc) is 2.79. The van der Waals surface area contributed by atoms with E-state index in [1.165, 1.54) is 0 Å². The van der Waals surface area contributed by atoms with Crippen LogP contribution in [0.25, 0.3) is 0 Å². The first kappa shape index (κ1) is 13.4. The molecule has 1 saturated heterocycles. The zero-order valence-corrected chi connectivity index (χ0v) is 11.0. The van der Waals surface area contributed by atoms with Gasteiger partial charge < -0.3 is 9.64 Å². The Balaban J connectivity index is 2.13. The molecule has 1 aliphatic heterocycles. The minimum Gasteiger partial charge on any atom is -0.373 e. The Labute approximate surface area is 107 Å². The summed E-state index contributed by atoms with van der Waals surface area (Å²) in [7, 11) is 2.09. The monoisotopic (exact) mass is 254 g/mol. The van der Waals surface area contributed by atoms with Gasteiger partial charge in [-0.3, -0.25) is 5.84 Å². The molecule has 0 aliphatic carbocycles. The number of ether oxygens (including phenoxy) is 1. The molecule has 2 heterocycles. The van der Waals surface area contributed by atoms with E-state index in [4.69, 9.17) is 10.6 Å². The molecule has 0 amide bonds. The highest BCUT2D eigenvalue weighted by Gasteiger charge is 2.29. The fourth-order valence-corrected chi connectivity index (χ4v) is 2.29. The van der Waals surface area contributed by atoms with Crippen molar-refractivity contribution in [2.24, 2.45) is 5.84 Å². The van der Waals surface area contributed by atoms with Crippen LogP contribution in [0.5, 0.6) is 0 Å². The van der Waals surface area contributed by atoms with Gasteiger partial charge in [0.1, 0.15) is 0 Å². The van der Waals surface area contributed by atoms with Crippen molar-refractivity contribution in [1.82, 2.24) is 25.3 Å². The minimum atomic E-state index is -0.0747. The van der Waals surface area contributed by atoms with E-state index in [2.05, 4.69) is 34.6 Å². The van der Waals surface area contributed by atoms with Gasteiger partial charge in [0.2, 0.25) is 0 Å². The lowest BCUT2D eigenvalue weighted by molar-refractivity contribution is -0.0407. The standard InChI is InChI=1S/C11H22N6O/c1-3-4-17-9(7-13-15-17)11(14-12)10-8-16(2)5-6-18-10/h7,10-11,14H,3-6,8,12H2,1-2H3. The van der Waals surface area contributed by atoms with Crippen LogP contribution in [0, 0.1) is 0 Å². The number of nitrogens with one attached hydrogen (secondary N) is 1. The zero-order chi connectivity index (χ0) is 13.0. The zero-order valence-electron chi connectivity index (χ0n) is 11.0. The predicted octanol–water partition coefficient (Wildman–Crippen LogP) is -0.477. The third kappa shape index (κ3) is 2.86. The molecule has 0 bridgehead atoms. The van der Waals surface area contributed by atoms with Gasteiger partial charge in [-0.25, -0.2) is 10.1 Å². The first-order chi connectivity index (χ1) is 8.76. The molecule has 2 atom stereocenters. The lowest BCUT2D eigenvalue weighted by atomic mass is 10.1. The molecule has 3 N–H and O–H groups in total. The summed E-state index contributed by atoms with van der Waals surface area (Å²) in [6.45, 7) is 5.50. The third-order valence-electron chi connectivity index (χ3n) is 3.25. The Kier molecular flexibility index (Phi) is 4.65. The van der Waals surface area contributed by atoms with Gasteiger partial charge in [-0.15, -0.1) is 5.10 Å². The SMILES string of the molecule is CCCn1nncc1C(NN)C1CN(C)CCO1. The van der Waals surface area contributed by atoms with Crippen LogP contribution in [-0.4, -0.2) is 52.7 Å². The summed E-state index contributed by atoms with van der Waals surface area (Å²) in [6.07, 6.45) is 2.81. The lowest BCUT2D eigenvalue weighted by Gasteiger charge is -2.34. The van der Waals surface area contributed by atoms with Crippen molar-refractivity contribution in [2.75, 3.05) is 26.7 Å². The number of nitrogens with two attached hydrogens (primary N) is 1. The van der Waals surface area contributed by atoms with E-state index < -0.39 is 0 Å². The maximum atomic E-state index is 5.81. The molecule has 7 nitrogen and oxygen atoms in total. The summed E-state index contributed by atoms with van der Waals surface area (Å²) >= 11 is 0. The highest BCUT2D eigenvalue weighted by molar-refractivity contribution is 5.05. The van der Waals surface area contributed by atoms with E-state index in [-0.39, 0.29) is 12.1 Å². The van der Waals surface area contributed by atoms with Crippen molar-refractivity contribution in [2.45, 2.75) is 32.0 Å². The van der Waals surface area contributed by atoms with Gasteiger partial charge in [0, 0.05) is 19.6 Å². The summed E-state index contributed by atoms with van der Waals surface area (Å²) < 4.78 is 7.70. The number of hydrogen-bond acceptors (Lipinski definition) is 6. The van der Waals surface area contributed by atoms with Crippen LogP contribution < -0.4 is 11.3 Å². The van der Waals surface area contributed by atoms with E-state index in [1.807, 2.05) is 4.68 Å². The van der Waals surface area contributed by atoms with E-state index in [1.54, 1.807) is 6.20 Å². The smallest absolute Gasteiger partial charge is 0.0925 e. The van der Waals surface area contributed by atoms with Crippen LogP contribution in [-0.2, 0) is 11.3 Å². The van der Waals surface area contributed by atoms with E-state index in [0.29, 0.717) is 0 Å². The number of aryl methyl sites for hydroxylation is 1. The van der Waals surface area contributed by atoms with Crippen molar-refractivity contribution in [3.63, 3.8) is 0 Å². The fourth-order valence-electron chi connectivity index (χ4n) is 2.29. The van der Waals surface area contributed by atoms with E-state index in [9.17, 15) is 0 Å². The van der Waals surface area contributed by atoms with Gasteiger partial charge >= 0.3 is 0 Å². The predicted molar refractivity (Wildman–Crippen MR) is 67.6 cm³/mol. The van der Waals surface area contributed by atoms with E-state index in [0.717, 1.165) is 38.4 Å². The van der Waals surface area contributed by atoms with Gasteiger partial charge in [-0.1, -0.05) is 12.1 Å². The number of nitrogens with zero attached hydrogens (tertiary/aromatic N) is 4. The molecule has 0 saturated carbocycles. The maximum Gasteiger partial charge on any atom is 0.0925 e. The molecule has 0 radical (unpaired) electrons. The first-order valence-electron chi connectivity index (χ1n) is 6.41. The molecular formula is C11H22N6O. The number of hydrogen-bond donors (Lipinski definition) is 2. The molecule has 1 aromatic rings. The Morgan fingerprint density at radius 3 is 3.17 bits per heavy atom. The normalized spacial score (nSPS) is 23.2. The molecule has 1 fully saturated rings. The van der Waals surface area contributed by atoms with Crippen molar-refractivity contribution in [3.8, 4) is 0 Å². The van der Waals surface area contributed by atoms with Gasteiger partial charge in [0.15, 0.2) is 0 Å². The summed E-state index contributed by atoms with van der Waals surface area (Å²) in [5.74, 6) is 5.69. The molecule has 18 heavy (non-hydrogen) atoms. The quantitative estimate of drug-likeness (QED) is 0.546. The number of likely N-dealkylation sites (N-methyl/N-ethyl adjacent to an activating group) is 1. The third-order valence-corrected chi connectivity index (χ3v) is 3.25. The van der Waals surface area contributed by atoms with Gasteiger partial charge in [0.25, 0.3) is 0 Å². The summed E-state index contributed by atoms with van der Waals surface area (Å²) in [5.41, 5.74) is 3.83. The number of aromatic nitrogens is 3. The maximum absolute atomic E-state index is 5.81. The molecule has 2 unspecified atom stereocenters. The molecule has 1 aliphatic rings. The fraction of sp³-hybridized carbons (Fsp3) is 0.818. The average molecular weight is 254 g/mol. The van der Waals surface area contributed by atoms with Gasteiger partial charge in [-0.2, -0.15) is 0 Å². The van der Waals surface area contributed by atoms with Crippen LogP contribution in [0.4, 0.5) is 0 Å². The summed E-state index contributed by atoms with van der Waals surface area (Å²) in [5, 5.41) is 8.06. The Morgan fingerprint density at radius 2 is 2.50 bits per heavy atom. The molecule has 1 aromatic heterocycles. The van der Waals surface area contributed by atoms with Crippen molar-refractivity contribution in [1.29, 1.82) is 0 Å². The molecule has 2 rings (SSSR count). The number of rotatable bonds is 5. The van der Waals surface area contributed by atoms with Crippen LogP contribution >= 0.6 is 0 Å².